The summed E-state index contributed by atoms with van der Waals surface area (Å²) in [5.74, 6) is -3.11. The highest BCUT2D eigenvalue weighted by Crippen LogP contribution is 2.33. The lowest BCUT2D eigenvalue weighted by Crippen LogP contribution is -2.11. The first kappa shape index (κ1) is 20.5. The summed E-state index contributed by atoms with van der Waals surface area (Å²) in [5, 5.41) is 13.9. The Hall–Kier alpha value is -3.20. The number of alkyl halides is 2. The van der Waals surface area contributed by atoms with Crippen molar-refractivity contribution < 1.29 is 13.6 Å². The minimum atomic E-state index is -3.09. The van der Waals surface area contributed by atoms with Crippen LogP contribution in [0.1, 0.15) is 25.2 Å². The summed E-state index contributed by atoms with van der Waals surface area (Å²) in [7, 11) is 0. The summed E-state index contributed by atoms with van der Waals surface area (Å²) in [6, 6.07) is 6.05. The van der Waals surface area contributed by atoms with Gasteiger partial charge in [-0.15, -0.1) is 0 Å². The summed E-state index contributed by atoms with van der Waals surface area (Å²) in [6.45, 7) is 3.76. The smallest absolute Gasteiger partial charge is 0.287 e. The van der Waals surface area contributed by atoms with E-state index < -0.39 is 5.92 Å². The van der Waals surface area contributed by atoms with E-state index in [9.17, 15) is 13.6 Å². The van der Waals surface area contributed by atoms with Crippen LogP contribution in [0.4, 0.5) is 26.0 Å². The maximum Gasteiger partial charge on any atom is 0.287 e. The van der Waals surface area contributed by atoms with Gasteiger partial charge in [-0.25, -0.2) is 4.98 Å². The van der Waals surface area contributed by atoms with Crippen molar-refractivity contribution in [3.63, 3.8) is 0 Å². The minimum absolute atomic E-state index is 0.283. The number of rotatable bonds is 5. The lowest BCUT2D eigenvalue weighted by Gasteiger charge is -2.16. The molecule has 0 aliphatic rings. The van der Waals surface area contributed by atoms with Crippen molar-refractivity contribution >= 4 is 34.7 Å². The summed E-state index contributed by atoms with van der Waals surface area (Å²) in [6.07, 6.45) is 2.87. The molecule has 2 N–H and O–H groups in total. The van der Waals surface area contributed by atoms with E-state index in [1.54, 1.807) is 25.1 Å². The molecule has 3 heterocycles. The second kappa shape index (κ2) is 8.04. The molecule has 0 saturated carbocycles. The molecule has 0 bridgehead atoms. The largest absolute Gasteiger partial charge is 0.355 e. The molecule has 29 heavy (non-hydrogen) atoms. The number of hydrogen-bond donors (Lipinski definition) is 2. The number of nitrogens with zero attached hydrogens (tertiary/aromatic N) is 4. The summed E-state index contributed by atoms with van der Waals surface area (Å²) >= 11 is 6.01. The van der Waals surface area contributed by atoms with Gasteiger partial charge in [-0.3, -0.25) is 9.78 Å². The van der Waals surface area contributed by atoms with Crippen LogP contribution >= 0.6 is 11.6 Å². The molecule has 10 heteroatoms. The van der Waals surface area contributed by atoms with Crippen LogP contribution < -0.4 is 10.6 Å². The Morgan fingerprint density at radius 3 is 2.59 bits per heavy atom. The van der Waals surface area contributed by atoms with Crippen LogP contribution in [-0.4, -0.2) is 26.1 Å². The molecule has 0 unspecified atom stereocenters. The van der Waals surface area contributed by atoms with Gasteiger partial charge in [0.05, 0.1) is 22.6 Å². The zero-order chi connectivity index (χ0) is 21.2. The normalized spacial score (nSPS) is 11.2. The molecule has 3 aromatic rings. The third-order valence-corrected chi connectivity index (χ3v) is 3.99. The van der Waals surface area contributed by atoms with Gasteiger partial charge >= 0.3 is 0 Å². The fraction of sp³-hybridized carbons (Fsp3) is 0.211. The molecule has 0 saturated heterocycles. The van der Waals surface area contributed by atoms with E-state index in [-0.39, 0.29) is 17.4 Å². The molecule has 150 valence electrons. The van der Waals surface area contributed by atoms with Gasteiger partial charge in [0, 0.05) is 43.1 Å². The van der Waals surface area contributed by atoms with Crippen molar-refractivity contribution in [3.8, 4) is 11.3 Å². The number of amides is 1. The van der Waals surface area contributed by atoms with Crippen molar-refractivity contribution in [2.45, 2.75) is 26.7 Å². The first-order chi connectivity index (χ1) is 13.6. The Morgan fingerprint density at radius 2 is 1.93 bits per heavy atom. The van der Waals surface area contributed by atoms with Crippen LogP contribution in [0.2, 0.25) is 5.02 Å². The Kier molecular flexibility index (Phi) is 5.69. The fourth-order valence-electron chi connectivity index (χ4n) is 2.61. The molecular formula is C19H17ClF2N6O. The molecule has 0 fully saturated rings. The molecule has 0 atom stereocenters. The van der Waals surface area contributed by atoms with Crippen molar-refractivity contribution in [1.82, 2.24) is 20.2 Å². The van der Waals surface area contributed by atoms with Gasteiger partial charge in [0.25, 0.3) is 5.92 Å². The fourth-order valence-corrected chi connectivity index (χ4v) is 2.75. The van der Waals surface area contributed by atoms with Crippen molar-refractivity contribution in [1.29, 1.82) is 0 Å². The van der Waals surface area contributed by atoms with Crippen LogP contribution in [0.3, 0.4) is 0 Å². The number of anilines is 3. The van der Waals surface area contributed by atoms with Gasteiger partial charge in [-0.2, -0.15) is 19.0 Å². The number of carbonyl (C=O) groups excluding carboxylic acids is 1. The lowest BCUT2D eigenvalue weighted by molar-refractivity contribution is -0.114. The number of aryl methyl sites for hydroxylation is 1. The molecule has 1 amide bonds. The lowest BCUT2D eigenvalue weighted by atomic mass is 10.1. The number of hydrogen-bond acceptors (Lipinski definition) is 6. The van der Waals surface area contributed by atoms with Crippen LogP contribution in [0.25, 0.3) is 11.3 Å². The second-order valence-electron chi connectivity index (χ2n) is 6.45. The predicted octanol–water partition coefficient (Wildman–Crippen LogP) is 4.71. The third-order valence-electron chi connectivity index (χ3n) is 3.79. The Labute approximate surface area is 170 Å². The SMILES string of the molecule is CC(=O)Nc1cc(Nc2cc(C)nc(C(C)(F)F)c2)c(-c2cc(Cl)cnn2)cn1. The molecule has 0 aliphatic heterocycles. The first-order valence-corrected chi connectivity index (χ1v) is 8.90. The Bertz CT molecular complexity index is 1070. The van der Waals surface area contributed by atoms with Gasteiger partial charge in [0.1, 0.15) is 11.5 Å². The maximum absolute atomic E-state index is 13.8. The number of aromatic nitrogens is 4. The standard InChI is InChI=1S/C19H17ClF2N6O/c1-10-4-13(6-17(25-10)19(3,21)22)27-15-7-18(26-11(2)29)23-9-14(15)16-5-12(20)8-24-28-16/h4-9H,1-3H3,(H2,23,25,26,27,29). The van der Waals surface area contributed by atoms with Gasteiger partial charge in [-0.1, -0.05) is 11.6 Å². The van der Waals surface area contributed by atoms with Crippen molar-refractivity contribution in [2.24, 2.45) is 0 Å². The van der Waals surface area contributed by atoms with Crippen LogP contribution in [-0.2, 0) is 10.7 Å². The van der Waals surface area contributed by atoms with E-state index in [0.29, 0.717) is 33.3 Å². The maximum atomic E-state index is 13.8. The summed E-state index contributed by atoms with van der Waals surface area (Å²) < 4.78 is 27.5. The highest BCUT2D eigenvalue weighted by molar-refractivity contribution is 6.30. The zero-order valence-electron chi connectivity index (χ0n) is 15.8. The van der Waals surface area contributed by atoms with Crippen molar-refractivity contribution in [2.75, 3.05) is 10.6 Å². The zero-order valence-corrected chi connectivity index (χ0v) is 16.6. The number of carbonyl (C=O) groups is 1. The van der Waals surface area contributed by atoms with Gasteiger partial charge in [0.15, 0.2) is 0 Å². The van der Waals surface area contributed by atoms with Gasteiger partial charge in [0.2, 0.25) is 5.91 Å². The Morgan fingerprint density at radius 1 is 1.17 bits per heavy atom. The second-order valence-corrected chi connectivity index (χ2v) is 6.89. The van der Waals surface area contributed by atoms with E-state index in [2.05, 4.69) is 30.8 Å². The average molecular weight is 419 g/mol. The molecule has 0 aromatic carbocycles. The van der Waals surface area contributed by atoms with Crippen LogP contribution in [0.15, 0.2) is 36.7 Å². The van der Waals surface area contributed by atoms with Crippen LogP contribution in [0.5, 0.6) is 0 Å². The summed E-state index contributed by atoms with van der Waals surface area (Å²) in [5.41, 5.74) is 1.87. The van der Waals surface area contributed by atoms with E-state index in [1.165, 1.54) is 25.4 Å². The van der Waals surface area contributed by atoms with Gasteiger partial charge in [-0.05, 0) is 25.1 Å². The van der Waals surface area contributed by atoms with Crippen LogP contribution in [0, 0.1) is 6.92 Å². The minimum Gasteiger partial charge on any atom is -0.355 e. The highest BCUT2D eigenvalue weighted by Gasteiger charge is 2.27. The topological polar surface area (TPSA) is 92.7 Å². The third kappa shape index (κ3) is 5.20. The molecule has 0 radical (unpaired) electrons. The number of pyridine rings is 2. The van der Waals surface area contributed by atoms with Gasteiger partial charge < -0.3 is 10.6 Å². The van der Waals surface area contributed by atoms with Crippen molar-refractivity contribution in [3.05, 3.63) is 53.1 Å². The molecule has 3 aromatic heterocycles. The molecule has 0 spiro atoms. The molecule has 7 nitrogen and oxygen atoms in total. The average Bonchev–Trinajstić information content (AvgIpc) is 2.60. The van der Waals surface area contributed by atoms with E-state index in [1.807, 2.05) is 0 Å². The highest BCUT2D eigenvalue weighted by atomic mass is 35.5. The molecule has 3 rings (SSSR count). The van der Waals surface area contributed by atoms with E-state index >= 15 is 0 Å². The van der Waals surface area contributed by atoms with E-state index in [0.717, 1.165) is 6.92 Å². The molecule has 0 aliphatic carbocycles. The quantitative estimate of drug-likeness (QED) is 0.623. The summed E-state index contributed by atoms with van der Waals surface area (Å²) in [4.78, 5) is 19.5. The monoisotopic (exact) mass is 418 g/mol. The first-order valence-electron chi connectivity index (χ1n) is 8.52. The number of halogens is 3. The number of nitrogens with one attached hydrogen (secondary N) is 2. The predicted molar refractivity (Wildman–Crippen MR) is 106 cm³/mol. The Balaban J connectivity index is 2.09. The van der Waals surface area contributed by atoms with E-state index in [4.69, 9.17) is 11.6 Å². The molecular weight excluding hydrogens is 402 g/mol.